The van der Waals surface area contributed by atoms with Crippen molar-refractivity contribution in [3.05, 3.63) is 90.3 Å². The fraction of sp³-hybridized carbons (Fsp3) is 0.250. The standard InChI is InChI=1S/C12H15P.C12H13P.2H2O.Pd/c2*1-13(2)12-8-7-10-5-3-4-6-11(10)9-12;;;/h3-11H,1-2H3;3-9H,1-2H3;2*1H2;/p+2. The van der Waals surface area contributed by atoms with Crippen molar-refractivity contribution in [3.8, 4) is 0 Å². The SMILES string of the molecule is C[PH+](C)C1=CC2C=CC=CC2C=C1.C[PH+](C)c1ccc2ccccc2c1.O.O.[Pd]. The van der Waals surface area contributed by atoms with E-state index in [0.717, 1.165) is 0 Å². The molecule has 5 heteroatoms. The first-order valence-electron chi connectivity index (χ1n) is 9.39. The van der Waals surface area contributed by atoms with Crippen LogP contribution in [0.3, 0.4) is 0 Å². The van der Waals surface area contributed by atoms with Gasteiger partial charge in [-0.3, -0.25) is 0 Å². The number of allylic oxidation sites excluding steroid dienone is 8. The van der Waals surface area contributed by atoms with E-state index in [9.17, 15) is 0 Å². The maximum Gasteiger partial charge on any atom is 0.0915 e. The van der Waals surface area contributed by atoms with E-state index in [0.29, 0.717) is 11.8 Å². The summed E-state index contributed by atoms with van der Waals surface area (Å²) in [6.45, 7) is 9.36. The third kappa shape index (κ3) is 7.70. The number of hydrogen-bond donors (Lipinski definition) is 0. The predicted octanol–water partition coefficient (Wildman–Crippen LogP) is 4.56. The fourth-order valence-corrected chi connectivity index (χ4v) is 5.13. The van der Waals surface area contributed by atoms with Gasteiger partial charge in [-0.15, -0.1) is 0 Å². The molecule has 0 amide bonds. The second kappa shape index (κ2) is 13.4. The van der Waals surface area contributed by atoms with Crippen molar-refractivity contribution < 1.29 is 31.4 Å². The van der Waals surface area contributed by atoms with E-state index in [2.05, 4.69) is 112 Å². The molecule has 4 rings (SSSR count). The third-order valence-corrected chi connectivity index (χ3v) is 7.95. The molecule has 0 bridgehead atoms. The van der Waals surface area contributed by atoms with Crippen LogP contribution in [0.15, 0.2) is 90.3 Å². The topological polar surface area (TPSA) is 63.0 Å². The molecule has 2 aliphatic carbocycles. The minimum absolute atomic E-state index is 0. The first-order chi connectivity index (χ1) is 12.5. The van der Waals surface area contributed by atoms with Crippen LogP contribution in [0.4, 0.5) is 0 Å². The summed E-state index contributed by atoms with van der Waals surface area (Å²) in [5.41, 5.74) is 0. The van der Waals surface area contributed by atoms with Crippen LogP contribution in [0.1, 0.15) is 0 Å². The van der Waals surface area contributed by atoms with Crippen molar-refractivity contribution >= 4 is 31.9 Å². The molecule has 2 aliphatic rings. The van der Waals surface area contributed by atoms with E-state index in [1.807, 2.05) is 0 Å². The van der Waals surface area contributed by atoms with Gasteiger partial charge >= 0.3 is 0 Å². The molecule has 0 radical (unpaired) electrons. The second-order valence-electron chi connectivity index (χ2n) is 7.47. The Kier molecular flexibility index (Phi) is 13.0. The molecule has 2 aromatic carbocycles. The molecule has 160 valence electrons. The molecule has 0 saturated heterocycles. The van der Waals surface area contributed by atoms with Gasteiger partial charge in [0.05, 0.1) is 37.3 Å². The molecule has 0 spiro atoms. The smallest absolute Gasteiger partial charge is 0.0915 e. The fourth-order valence-electron chi connectivity index (χ4n) is 3.31. The number of benzene rings is 2. The molecule has 0 aromatic heterocycles. The van der Waals surface area contributed by atoms with E-state index in [-0.39, 0.29) is 47.2 Å². The molecular formula is C24H34O2P2Pd+2. The van der Waals surface area contributed by atoms with E-state index < -0.39 is 0 Å². The van der Waals surface area contributed by atoms with Gasteiger partial charge in [-0.1, -0.05) is 60.7 Å². The van der Waals surface area contributed by atoms with Crippen LogP contribution in [0.2, 0.25) is 0 Å². The second-order valence-corrected chi connectivity index (χ2v) is 12.6. The molecule has 2 unspecified atom stereocenters. The van der Waals surface area contributed by atoms with Crippen molar-refractivity contribution in [1.82, 2.24) is 0 Å². The van der Waals surface area contributed by atoms with Crippen LogP contribution in [-0.2, 0) is 20.4 Å². The monoisotopic (exact) mass is 522 g/mol. The Balaban J connectivity index is 0.000000490. The molecular weight excluding hydrogens is 489 g/mol. The van der Waals surface area contributed by atoms with Crippen molar-refractivity contribution in [1.29, 1.82) is 0 Å². The molecule has 0 heterocycles. The summed E-state index contributed by atoms with van der Waals surface area (Å²) < 4.78 is 0. The molecule has 29 heavy (non-hydrogen) atoms. The van der Waals surface area contributed by atoms with Crippen molar-refractivity contribution in [2.24, 2.45) is 11.8 Å². The summed E-state index contributed by atoms with van der Waals surface area (Å²) in [7, 11) is -0.571. The Hall–Kier alpha value is -0.898. The normalized spacial score (nSPS) is 18.6. The summed E-state index contributed by atoms with van der Waals surface area (Å²) >= 11 is 0. The first-order valence-corrected chi connectivity index (χ1v) is 14.4. The Morgan fingerprint density at radius 2 is 1.31 bits per heavy atom. The minimum atomic E-state index is -0.303. The zero-order valence-corrected chi connectivity index (χ0v) is 21.1. The van der Waals surface area contributed by atoms with Crippen LogP contribution < -0.4 is 5.30 Å². The Labute approximate surface area is 191 Å². The summed E-state index contributed by atoms with van der Waals surface area (Å²) in [5.74, 6) is 1.25. The largest absolute Gasteiger partial charge is 0.412 e. The first kappa shape index (κ1) is 28.1. The quantitative estimate of drug-likeness (QED) is 0.410. The van der Waals surface area contributed by atoms with Gasteiger partial charge in [0.1, 0.15) is 0 Å². The average molecular weight is 523 g/mol. The maximum atomic E-state index is 2.44. The minimum Gasteiger partial charge on any atom is -0.412 e. The zero-order valence-electron chi connectivity index (χ0n) is 17.6. The average Bonchev–Trinajstić information content (AvgIpc) is 2.67. The van der Waals surface area contributed by atoms with Crippen LogP contribution in [0, 0.1) is 11.8 Å². The molecule has 0 saturated carbocycles. The Bertz CT molecular complexity index is 885. The van der Waals surface area contributed by atoms with E-state index in [4.69, 9.17) is 0 Å². The van der Waals surface area contributed by atoms with Crippen molar-refractivity contribution in [2.75, 3.05) is 26.7 Å². The summed E-state index contributed by atoms with van der Waals surface area (Å²) in [4.78, 5) is 0. The van der Waals surface area contributed by atoms with Crippen LogP contribution in [0.25, 0.3) is 10.8 Å². The molecule has 4 N–H and O–H groups in total. The molecule has 0 aliphatic heterocycles. The van der Waals surface area contributed by atoms with Crippen LogP contribution in [0.5, 0.6) is 0 Å². The summed E-state index contributed by atoms with van der Waals surface area (Å²) in [6.07, 6.45) is 16.0. The van der Waals surface area contributed by atoms with E-state index in [1.165, 1.54) is 16.1 Å². The summed E-state index contributed by atoms with van der Waals surface area (Å²) in [6, 6.07) is 15.3. The van der Waals surface area contributed by atoms with E-state index >= 15 is 0 Å². The van der Waals surface area contributed by atoms with Gasteiger partial charge in [0.2, 0.25) is 0 Å². The maximum absolute atomic E-state index is 2.44. The summed E-state index contributed by atoms with van der Waals surface area (Å²) in [5, 5.41) is 5.80. The van der Waals surface area contributed by atoms with E-state index in [1.54, 1.807) is 5.31 Å². The van der Waals surface area contributed by atoms with Crippen molar-refractivity contribution in [3.63, 3.8) is 0 Å². The van der Waals surface area contributed by atoms with Gasteiger partial charge < -0.3 is 11.0 Å². The molecule has 2 nitrogen and oxygen atoms in total. The van der Waals surface area contributed by atoms with Gasteiger partial charge in [-0.2, -0.15) is 0 Å². The van der Waals surface area contributed by atoms with Gasteiger partial charge in [-0.05, 0) is 35.1 Å². The number of hydrogen-bond acceptors (Lipinski definition) is 0. The van der Waals surface area contributed by atoms with Gasteiger partial charge in [0.25, 0.3) is 0 Å². The van der Waals surface area contributed by atoms with Crippen molar-refractivity contribution in [2.45, 2.75) is 0 Å². The number of rotatable bonds is 2. The molecule has 0 fully saturated rings. The van der Waals surface area contributed by atoms with Gasteiger partial charge in [0, 0.05) is 48.1 Å². The van der Waals surface area contributed by atoms with Gasteiger partial charge in [0.15, 0.2) is 0 Å². The van der Waals surface area contributed by atoms with Crippen LogP contribution >= 0.6 is 15.8 Å². The Morgan fingerprint density at radius 3 is 1.93 bits per heavy atom. The zero-order chi connectivity index (χ0) is 18.5. The predicted molar refractivity (Wildman–Crippen MR) is 134 cm³/mol. The number of fused-ring (bicyclic) bond motifs is 2. The third-order valence-electron chi connectivity index (χ3n) is 5.00. The molecule has 2 atom stereocenters. The molecule has 2 aromatic rings. The Morgan fingerprint density at radius 1 is 0.690 bits per heavy atom. The van der Waals surface area contributed by atoms with Crippen LogP contribution in [-0.4, -0.2) is 37.6 Å². The van der Waals surface area contributed by atoms with Gasteiger partial charge in [-0.25, -0.2) is 0 Å².